The molecule has 0 aromatic heterocycles. The molecular formula is C13H10ClFN2O2. The summed E-state index contributed by atoms with van der Waals surface area (Å²) < 4.78 is 19.2. The van der Waals surface area contributed by atoms with Crippen molar-refractivity contribution in [2.24, 2.45) is 10.9 Å². The summed E-state index contributed by atoms with van der Waals surface area (Å²) in [6.07, 6.45) is 0. The summed E-state index contributed by atoms with van der Waals surface area (Å²) in [5, 5.41) is 11.9. The number of halogens is 2. The molecule has 0 aliphatic heterocycles. The second-order valence-electron chi connectivity index (χ2n) is 3.66. The molecule has 0 unspecified atom stereocenters. The van der Waals surface area contributed by atoms with Gasteiger partial charge in [0.15, 0.2) is 5.84 Å². The molecule has 2 aromatic carbocycles. The Morgan fingerprint density at radius 3 is 2.68 bits per heavy atom. The fourth-order valence-corrected chi connectivity index (χ4v) is 1.73. The molecule has 0 spiro atoms. The molecule has 19 heavy (non-hydrogen) atoms. The first-order valence-electron chi connectivity index (χ1n) is 5.31. The number of amidine groups is 1. The standard InChI is InChI=1S/C13H10ClFN2O2/c14-8-3-1-4-9(7-8)19-11-6-2-5-10(15)12(11)13(16)17-18/h1-7,18H,(H2,16,17). The van der Waals surface area contributed by atoms with Crippen LogP contribution in [0.4, 0.5) is 4.39 Å². The van der Waals surface area contributed by atoms with Gasteiger partial charge in [-0.1, -0.05) is 28.9 Å². The highest BCUT2D eigenvalue weighted by atomic mass is 35.5. The van der Waals surface area contributed by atoms with Crippen molar-refractivity contribution in [2.75, 3.05) is 0 Å². The molecule has 2 aromatic rings. The van der Waals surface area contributed by atoms with E-state index in [0.717, 1.165) is 0 Å². The molecule has 6 heteroatoms. The molecule has 2 rings (SSSR count). The minimum absolute atomic E-state index is 0.107. The quantitative estimate of drug-likeness (QED) is 0.392. The van der Waals surface area contributed by atoms with Crippen molar-refractivity contribution in [3.8, 4) is 11.5 Å². The largest absolute Gasteiger partial charge is 0.456 e. The Bertz CT molecular complexity index is 632. The van der Waals surface area contributed by atoms with Gasteiger partial charge in [-0.25, -0.2) is 4.39 Å². The van der Waals surface area contributed by atoms with Crippen molar-refractivity contribution in [3.63, 3.8) is 0 Å². The Kier molecular flexibility index (Phi) is 3.87. The third-order valence-corrected chi connectivity index (χ3v) is 2.60. The second-order valence-corrected chi connectivity index (χ2v) is 4.09. The Morgan fingerprint density at radius 1 is 1.26 bits per heavy atom. The van der Waals surface area contributed by atoms with Gasteiger partial charge in [-0.3, -0.25) is 0 Å². The SMILES string of the molecule is NC(=NO)c1c(F)cccc1Oc1cccc(Cl)c1. The monoisotopic (exact) mass is 280 g/mol. The number of rotatable bonds is 3. The van der Waals surface area contributed by atoms with Crippen LogP contribution in [0, 0.1) is 5.82 Å². The van der Waals surface area contributed by atoms with Crippen LogP contribution in [-0.4, -0.2) is 11.0 Å². The molecular weight excluding hydrogens is 271 g/mol. The topological polar surface area (TPSA) is 67.8 Å². The fourth-order valence-electron chi connectivity index (χ4n) is 1.55. The first-order valence-corrected chi connectivity index (χ1v) is 5.69. The molecule has 0 radical (unpaired) electrons. The predicted octanol–water partition coefficient (Wildman–Crippen LogP) is 3.37. The second kappa shape index (κ2) is 5.58. The van der Waals surface area contributed by atoms with Crippen LogP contribution in [0.5, 0.6) is 11.5 Å². The molecule has 0 heterocycles. The van der Waals surface area contributed by atoms with Crippen LogP contribution >= 0.6 is 11.6 Å². The number of benzene rings is 2. The van der Waals surface area contributed by atoms with Crippen molar-refractivity contribution in [1.82, 2.24) is 0 Å². The van der Waals surface area contributed by atoms with Crippen LogP contribution in [0.25, 0.3) is 0 Å². The number of ether oxygens (including phenoxy) is 1. The van der Waals surface area contributed by atoms with E-state index in [9.17, 15) is 4.39 Å². The third kappa shape index (κ3) is 2.95. The number of nitrogens with two attached hydrogens (primary N) is 1. The van der Waals surface area contributed by atoms with Gasteiger partial charge in [-0.05, 0) is 30.3 Å². The molecule has 0 amide bonds. The zero-order valence-corrected chi connectivity index (χ0v) is 10.4. The zero-order chi connectivity index (χ0) is 13.8. The van der Waals surface area contributed by atoms with E-state index in [1.54, 1.807) is 24.3 Å². The van der Waals surface area contributed by atoms with E-state index in [1.165, 1.54) is 18.2 Å². The van der Waals surface area contributed by atoms with Gasteiger partial charge in [0.25, 0.3) is 0 Å². The molecule has 0 atom stereocenters. The Labute approximate surface area is 113 Å². The van der Waals surface area contributed by atoms with E-state index < -0.39 is 5.82 Å². The number of oxime groups is 1. The van der Waals surface area contributed by atoms with Crippen LogP contribution in [0.1, 0.15) is 5.56 Å². The van der Waals surface area contributed by atoms with Gasteiger partial charge in [-0.15, -0.1) is 0 Å². The summed E-state index contributed by atoms with van der Waals surface area (Å²) in [4.78, 5) is 0. The zero-order valence-electron chi connectivity index (χ0n) is 9.68. The molecule has 0 fully saturated rings. The minimum Gasteiger partial charge on any atom is -0.456 e. The maximum Gasteiger partial charge on any atom is 0.176 e. The lowest BCUT2D eigenvalue weighted by Gasteiger charge is -2.11. The van der Waals surface area contributed by atoms with Crippen molar-refractivity contribution >= 4 is 17.4 Å². The predicted molar refractivity (Wildman–Crippen MR) is 70.4 cm³/mol. The average Bonchev–Trinajstić information content (AvgIpc) is 2.38. The van der Waals surface area contributed by atoms with E-state index in [4.69, 9.17) is 27.3 Å². The molecule has 0 saturated carbocycles. The summed E-state index contributed by atoms with van der Waals surface area (Å²) in [7, 11) is 0. The third-order valence-electron chi connectivity index (χ3n) is 2.36. The lowest BCUT2D eigenvalue weighted by Crippen LogP contribution is -2.16. The molecule has 0 aliphatic rings. The maximum atomic E-state index is 13.7. The molecule has 0 saturated heterocycles. The smallest absolute Gasteiger partial charge is 0.176 e. The lowest BCUT2D eigenvalue weighted by molar-refractivity contribution is 0.318. The molecule has 0 bridgehead atoms. The van der Waals surface area contributed by atoms with Crippen LogP contribution in [0.15, 0.2) is 47.6 Å². The van der Waals surface area contributed by atoms with E-state index in [0.29, 0.717) is 10.8 Å². The van der Waals surface area contributed by atoms with Crippen LogP contribution in [-0.2, 0) is 0 Å². The first-order chi connectivity index (χ1) is 9.11. The minimum atomic E-state index is -0.644. The average molecular weight is 281 g/mol. The molecule has 3 N–H and O–H groups in total. The van der Waals surface area contributed by atoms with Gasteiger partial charge in [0.05, 0.1) is 5.56 Å². The normalized spacial score (nSPS) is 11.4. The summed E-state index contributed by atoms with van der Waals surface area (Å²) in [6.45, 7) is 0. The van der Waals surface area contributed by atoms with Gasteiger partial charge in [0.1, 0.15) is 17.3 Å². The Hall–Kier alpha value is -2.27. The summed E-state index contributed by atoms with van der Waals surface area (Å²) in [6, 6.07) is 10.8. The lowest BCUT2D eigenvalue weighted by atomic mass is 10.1. The van der Waals surface area contributed by atoms with E-state index in [1.807, 2.05) is 0 Å². The van der Waals surface area contributed by atoms with E-state index >= 15 is 0 Å². The van der Waals surface area contributed by atoms with Crippen molar-refractivity contribution in [3.05, 3.63) is 58.9 Å². The first kappa shape index (κ1) is 13.2. The highest BCUT2D eigenvalue weighted by molar-refractivity contribution is 6.30. The number of hydrogen-bond acceptors (Lipinski definition) is 3. The van der Waals surface area contributed by atoms with E-state index in [-0.39, 0.29) is 17.1 Å². The van der Waals surface area contributed by atoms with Gasteiger partial charge in [0, 0.05) is 5.02 Å². The highest BCUT2D eigenvalue weighted by Crippen LogP contribution is 2.28. The van der Waals surface area contributed by atoms with Gasteiger partial charge in [0.2, 0.25) is 0 Å². The van der Waals surface area contributed by atoms with E-state index in [2.05, 4.69) is 5.16 Å². The Morgan fingerprint density at radius 2 is 2.00 bits per heavy atom. The summed E-state index contributed by atoms with van der Waals surface area (Å²) in [5.41, 5.74) is 5.33. The van der Waals surface area contributed by atoms with Gasteiger partial charge >= 0.3 is 0 Å². The maximum absolute atomic E-state index is 13.7. The highest BCUT2D eigenvalue weighted by Gasteiger charge is 2.14. The van der Waals surface area contributed by atoms with Crippen LogP contribution in [0.3, 0.4) is 0 Å². The number of nitrogens with zero attached hydrogens (tertiary/aromatic N) is 1. The number of hydrogen-bond donors (Lipinski definition) is 2. The van der Waals surface area contributed by atoms with Crippen LogP contribution < -0.4 is 10.5 Å². The summed E-state index contributed by atoms with van der Waals surface area (Å²) >= 11 is 5.83. The summed E-state index contributed by atoms with van der Waals surface area (Å²) in [5.74, 6) is -0.451. The van der Waals surface area contributed by atoms with Crippen LogP contribution in [0.2, 0.25) is 5.02 Å². The molecule has 0 aliphatic carbocycles. The van der Waals surface area contributed by atoms with Crippen molar-refractivity contribution in [2.45, 2.75) is 0 Å². The van der Waals surface area contributed by atoms with Crippen molar-refractivity contribution < 1.29 is 14.3 Å². The molecule has 98 valence electrons. The fraction of sp³-hybridized carbons (Fsp3) is 0. The van der Waals surface area contributed by atoms with Gasteiger partial charge < -0.3 is 15.7 Å². The van der Waals surface area contributed by atoms with Gasteiger partial charge in [-0.2, -0.15) is 0 Å². The Balaban J connectivity index is 2.43. The van der Waals surface area contributed by atoms with Crippen molar-refractivity contribution in [1.29, 1.82) is 0 Å². The molecule has 4 nitrogen and oxygen atoms in total.